The van der Waals surface area contributed by atoms with Gasteiger partial charge >= 0.3 is 0 Å². The molecule has 144 valence electrons. The van der Waals surface area contributed by atoms with Crippen LogP contribution < -0.4 is 19.6 Å². The van der Waals surface area contributed by atoms with Gasteiger partial charge in [0.25, 0.3) is 5.91 Å². The molecule has 0 saturated heterocycles. The molecule has 1 amide bonds. The number of amides is 1. The van der Waals surface area contributed by atoms with Crippen molar-refractivity contribution in [3.05, 3.63) is 45.4 Å². The smallest absolute Gasteiger partial charge is 0.271 e. The van der Waals surface area contributed by atoms with E-state index in [-0.39, 0.29) is 16.3 Å². The first-order valence-corrected chi connectivity index (χ1v) is 8.41. The average molecular weight is 413 g/mol. The van der Waals surface area contributed by atoms with Gasteiger partial charge in [0.2, 0.25) is 5.75 Å². The largest absolute Gasteiger partial charge is 0.506 e. The summed E-state index contributed by atoms with van der Waals surface area (Å²) in [7, 11) is 4.37. The zero-order valence-electron chi connectivity index (χ0n) is 15.1. The van der Waals surface area contributed by atoms with Crippen LogP contribution >= 0.6 is 23.2 Å². The number of nitrogens with one attached hydrogen (secondary N) is 1. The van der Waals surface area contributed by atoms with E-state index < -0.39 is 5.91 Å². The molecular weight excluding hydrogens is 395 g/mol. The third-order valence-corrected chi connectivity index (χ3v) is 4.18. The van der Waals surface area contributed by atoms with E-state index in [1.54, 1.807) is 6.92 Å². The maximum Gasteiger partial charge on any atom is 0.271 e. The summed E-state index contributed by atoms with van der Waals surface area (Å²) in [6, 6.07) is 5.89. The number of hydrogen-bond acceptors (Lipinski definition) is 6. The molecule has 2 N–H and O–H groups in total. The molecule has 0 unspecified atom stereocenters. The molecule has 0 aliphatic carbocycles. The van der Waals surface area contributed by atoms with Crippen molar-refractivity contribution in [3.63, 3.8) is 0 Å². The highest BCUT2D eigenvalue weighted by atomic mass is 35.5. The maximum absolute atomic E-state index is 12.5. The summed E-state index contributed by atoms with van der Waals surface area (Å²) in [5, 5.41) is 14.5. The van der Waals surface area contributed by atoms with Gasteiger partial charge < -0.3 is 19.3 Å². The molecule has 2 aromatic rings. The van der Waals surface area contributed by atoms with Gasteiger partial charge in [-0.3, -0.25) is 4.79 Å². The predicted molar refractivity (Wildman–Crippen MR) is 104 cm³/mol. The average Bonchev–Trinajstić information content (AvgIpc) is 2.67. The topological polar surface area (TPSA) is 89.4 Å². The molecule has 0 saturated carbocycles. The van der Waals surface area contributed by atoms with Crippen LogP contribution in [0.15, 0.2) is 29.4 Å². The number of halogens is 2. The molecular formula is C18H18Cl2N2O5. The van der Waals surface area contributed by atoms with Crippen LogP contribution in [0, 0.1) is 0 Å². The van der Waals surface area contributed by atoms with Crippen molar-refractivity contribution in [2.75, 3.05) is 21.3 Å². The van der Waals surface area contributed by atoms with Crippen LogP contribution in [0.2, 0.25) is 10.0 Å². The number of aromatic hydroxyl groups is 1. The third-order valence-electron chi connectivity index (χ3n) is 3.67. The lowest BCUT2D eigenvalue weighted by molar-refractivity contribution is 0.0954. The molecule has 0 atom stereocenters. The van der Waals surface area contributed by atoms with Gasteiger partial charge in [0.15, 0.2) is 11.5 Å². The van der Waals surface area contributed by atoms with Gasteiger partial charge in [0.05, 0.1) is 32.1 Å². The van der Waals surface area contributed by atoms with Gasteiger partial charge in [0, 0.05) is 16.1 Å². The van der Waals surface area contributed by atoms with Crippen LogP contribution in [0.5, 0.6) is 23.0 Å². The van der Waals surface area contributed by atoms with E-state index in [9.17, 15) is 9.90 Å². The lowest BCUT2D eigenvalue weighted by Gasteiger charge is -2.13. The summed E-state index contributed by atoms with van der Waals surface area (Å²) in [6.45, 7) is 1.59. The Morgan fingerprint density at radius 2 is 1.63 bits per heavy atom. The Morgan fingerprint density at radius 3 is 2.15 bits per heavy atom. The van der Waals surface area contributed by atoms with Gasteiger partial charge in [0.1, 0.15) is 5.75 Å². The van der Waals surface area contributed by atoms with E-state index >= 15 is 0 Å². The maximum atomic E-state index is 12.5. The van der Waals surface area contributed by atoms with Crippen LogP contribution in [0.1, 0.15) is 22.8 Å². The third kappa shape index (κ3) is 4.56. The highest BCUT2D eigenvalue weighted by Crippen LogP contribution is 2.38. The quantitative estimate of drug-likeness (QED) is 0.554. The van der Waals surface area contributed by atoms with Crippen molar-refractivity contribution in [2.45, 2.75) is 6.92 Å². The van der Waals surface area contributed by atoms with Crippen LogP contribution in [0.4, 0.5) is 0 Å². The van der Waals surface area contributed by atoms with E-state index in [2.05, 4.69) is 10.5 Å². The number of hydrogen-bond donors (Lipinski definition) is 2. The van der Waals surface area contributed by atoms with Gasteiger partial charge in [-0.2, -0.15) is 5.10 Å². The monoisotopic (exact) mass is 412 g/mol. The lowest BCUT2D eigenvalue weighted by Crippen LogP contribution is -2.19. The van der Waals surface area contributed by atoms with Gasteiger partial charge in [-0.05, 0) is 31.2 Å². The fourth-order valence-corrected chi connectivity index (χ4v) is 2.81. The Bertz CT molecular complexity index is 875. The number of nitrogens with zero attached hydrogens (tertiary/aromatic N) is 1. The molecule has 0 bridgehead atoms. The first kappa shape index (κ1) is 20.7. The molecule has 0 spiro atoms. The summed E-state index contributed by atoms with van der Waals surface area (Å²) in [4.78, 5) is 12.5. The second-order valence-electron chi connectivity index (χ2n) is 5.34. The second kappa shape index (κ2) is 8.83. The molecule has 9 heteroatoms. The van der Waals surface area contributed by atoms with Gasteiger partial charge in [-0.25, -0.2) is 5.43 Å². The predicted octanol–water partition coefficient (Wildman–Crippen LogP) is 3.88. The first-order chi connectivity index (χ1) is 12.8. The van der Waals surface area contributed by atoms with E-state index in [1.807, 2.05) is 0 Å². The standard InChI is InChI=1S/C18H18Cl2N2O5/c1-9(12-7-11(19)8-13(20)16(12)23)21-22-18(24)10-5-14(25-2)17(27-4)15(6-10)26-3/h5-8,23H,1-4H3,(H,22,24). The molecule has 0 aliphatic heterocycles. The SMILES string of the molecule is COc1cc(C(=O)NN=C(C)c2cc(Cl)cc(Cl)c2O)cc(OC)c1OC. The van der Waals surface area contributed by atoms with Crippen molar-refractivity contribution < 1.29 is 24.1 Å². The molecule has 0 aromatic heterocycles. The number of methoxy groups -OCH3 is 3. The van der Waals surface area contributed by atoms with Crippen LogP contribution in [-0.4, -0.2) is 38.1 Å². The van der Waals surface area contributed by atoms with Gasteiger partial charge in [-0.1, -0.05) is 23.2 Å². The Kier molecular flexibility index (Phi) is 6.76. The number of hydrazone groups is 1. The molecule has 2 rings (SSSR count). The number of carbonyl (C=O) groups is 1. The number of benzene rings is 2. The Balaban J connectivity index is 2.31. The van der Waals surface area contributed by atoms with Crippen molar-refractivity contribution >= 4 is 34.8 Å². The van der Waals surface area contributed by atoms with E-state index in [1.165, 1.54) is 45.6 Å². The fraction of sp³-hybridized carbons (Fsp3) is 0.222. The van der Waals surface area contributed by atoms with Crippen LogP contribution in [-0.2, 0) is 0 Å². The van der Waals surface area contributed by atoms with E-state index in [4.69, 9.17) is 37.4 Å². The summed E-state index contributed by atoms with van der Waals surface area (Å²) in [5.41, 5.74) is 3.27. The zero-order chi connectivity index (χ0) is 20.1. The van der Waals surface area contributed by atoms with E-state index in [0.29, 0.717) is 33.5 Å². The summed E-state index contributed by atoms with van der Waals surface area (Å²) in [5.74, 6) is 0.351. The molecule has 2 aromatic carbocycles. The van der Waals surface area contributed by atoms with Crippen molar-refractivity contribution in [1.82, 2.24) is 5.43 Å². The molecule has 0 fully saturated rings. The van der Waals surface area contributed by atoms with E-state index in [0.717, 1.165) is 0 Å². The number of phenols is 1. The number of carbonyl (C=O) groups excluding carboxylic acids is 1. The molecule has 27 heavy (non-hydrogen) atoms. The first-order valence-electron chi connectivity index (χ1n) is 7.65. The molecule has 0 aliphatic rings. The highest BCUT2D eigenvalue weighted by molar-refractivity contribution is 6.36. The molecule has 7 nitrogen and oxygen atoms in total. The van der Waals surface area contributed by atoms with Crippen molar-refractivity contribution in [3.8, 4) is 23.0 Å². The molecule has 0 heterocycles. The van der Waals surface area contributed by atoms with Crippen LogP contribution in [0.25, 0.3) is 0 Å². The number of phenolic OH excluding ortho intramolecular Hbond substituents is 1. The molecule has 0 radical (unpaired) electrons. The number of ether oxygens (including phenoxy) is 3. The van der Waals surface area contributed by atoms with Crippen LogP contribution in [0.3, 0.4) is 0 Å². The van der Waals surface area contributed by atoms with Crippen molar-refractivity contribution in [1.29, 1.82) is 0 Å². The Labute approximate surface area is 166 Å². The van der Waals surface area contributed by atoms with Crippen molar-refractivity contribution in [2.24, 2.45) is 5.10 Å². The summed E-state index contributed by atoms with van der Waals surface area (Å²) in [6.07, 6.45) is 0. The fourth-order valence-electron chi connectivity index (χ4n) is 2.31. The highest BCUT2D eigenvalue weighted by Gasteiger charge is 2.17. The zero-order valence-corrected chi connectivity index (χ0v) is 16.6. The minimum atomic E-state index is -0.513. The minimum Gasteiger partial charge on any atom is -0.506 e. The second-order valence-corrected chi connectivity index (χ2v) is 6.18. The minimum absolute atomic E-state index is 0.0861. The summed E-state index contributed by atoms with van der Waals surface area (Å²) >= 11 is 11.8. The Morgan fingerprint density at radius 1 is 1.04 bits per heavy atom. The Hall–Kier alpha value is -2.64. The van der Waals surface area contributed by atoms with Gasteiger partial charge in [-0.15, -0.1) is 0 Å². The normalized spacial score (nSPS) is 11.1. The number of rotatable bonds is 6. The summed E-state index contributed by atoms with van der Waals surface area (Å²) < 4.78 is 15.7. The lowest BCUT2D eigenvalue weighted by atomic mass is 10.1.